The number of aromatic nitrogens is 5. The number of rotatable bonds is 4. The van der Waals surface area contributed by atoms with E-state index in [1.54, 1.807) is 30.7 Å². The van der Waals surface area contributed by atoms with E-state index < -0.39 is 17.6 Å². The molecule has 0 atom stereocenters. The molecular weight excluding hydrogens is 533 g/mol. The van der Waals surface area contributed by atoms with Gasteiger partial charge in [-0.05, 0) is 66.9 Å². The fraction of sp³-hybridized carbons (Fsp3) is 0.172. The van der Waals surface area contributed by atoms with E-state index in [-0.39, 0.29) is 5.69 Å². The third-order valence-electron chi connectivity index (χ3n) is 6.81. The van der Waals surface area contributed by atoms with Crippen molar-refractivity contribution in [2.45, 2.75) is 26.6 Å². The molecule has 0 radical (unpaired) electrons. The number of anilines is 2. The molecule has 2 aromatic heterocycles. The fourth-order valence-corrected chi connectivity index (χ4v) is 4.74. The van der Waals surface area contributed by atoms with Gasteiger partial charge in [0.2, 0.25) is 0 Å². The van der Waals surface area contributed by atoms with E-state index in [1.165, 1.54) is 0 Å². The Labute approximate surface area is 232 Å². The van der Waals surface area contributed by atoms with Gasteiger partial charge in [0.1, 0.15) is 17.3 Å². The van der Waals surface area contributed by atoms with E-state index in [0.717, 1.165) is 63.5 Å². The van der Waals surface area contributed by atoms with Gasteiger partial charge in [0, 0.05) is 54.7 Å². The Hall–Kier alpha value is -5.13. The largest absolute Gasteiger partial charge is 0.416 e. The zero-order chi connectivity index (χ0) is 28.7. The highest BCUT2D eigenvalue weighted by Crippen LogP contribution is 2.39. The van der Waals surface area contributed by atoms with Gasteiger partial charge >= 0.3 is 6.18 Å². The third-order valence-corrected chi connectivity index (χ3v) is 6.81. The van der Waals surface area contributed by atoms with Crippen molar-refractivity contribution < 1.29 is 18.0 Å². The minimum atomic E-state index is -4.58. The molecule has 5 heterocycles. The second-order valence-electron chi connectivity index (χ2n) is 9.62. The summed E-state index contributed by atoms with van der Waals surface area (Å²) in [5.74, 6) is 0.844. The summed E-state index contributed by atoms with van der Waals surface area (Å²) in [6.45, 7) is 5.25. The van der Waals surface area contributed by atoms with Crippen LogP contribution >= 0.6 is 0 Å². The molecule has 3 aliphatic rings. The van der Waals surface area contributed by atoms with E-state index in [9.17, 15) is 18.0 Å². The van der Waals surface area contributed by atoms with Gasteiger partial charge in [-0.1, -0.05) is 6.07 Å². The molecule has 1 amide bonds. The summed E-state index contributed by atoms with van der Waals surface area (Å²) < 4.78 is 41.4. The molecule has 0 saturated heterocycles. The maximum Gasteiger partial charge on any atom is 0.416 e. The van der Waals surface area contributed by atoms with Crippen LogP contribution in [0, 0.1) is 13.8 Å². The van der Waals surface area contributed by atoms with Crippen molar-refractivity contribution in [2.24, 2.45) is 4.99 Å². The molecule has 9 nitrogen and oxygen atoms in total. The van der Waals surface area contributed by atoms with Crippen molar-refractivity contribution in [1.82, 2.24) is 24.5 Å². The van der Waals surface area contributed by atoms with E-state index in [0.29, 0.717) is 24.4 Å². The highest BCUT2D eigenvalue weighted by Gasteiger charge is 2.31. The summed E-state index contributed by atoms with van der Waals surface area (Å²) in [7, 11) is 0. The Kier molecular flexibility index (Phi) is 6.45. The van der Waals surface area contributed by atoms with Crippen molar-refractivity contribution in [3.8, 4) is 22.5 Å². The summed E-state index contributed by atoms with van der Waals surface area (Å²) >= 11 is 0. The van der Waals surface area contributed by atoms with Gasteiger partial charge in [-0.15, -0.1) is 0 Å². The molecule has 12 heteroatoms. The minimum absolute atomic E-state index is 0.328. The molecule has 0 spiro atoms. The maximum atomic E-state index is 13.1. The summed E-state index contributed by atoms with van der Waals surface area (Å²) in [6, 6.07) is 10.7. The SMILES string of the molecule is Cc1cnccc1N=c1ncc2cc(-c3cc(NC(=O)c4cc(C(F)(F)F)ccn4)ccc3C)c3n(c-2n1)CCN3. The predicted molar refractivity (Wildman–Crippen MR) is 147 cm³/mol. The maximum absolute atomic E-state index is 13.1. The van der Waals surface area contributed by atoms with Crippen LogP contribution < -0.4 is 16.3 Å². The number of amides is 1. The Morgan fingerprint density at radius 3 is 2.66 bits per heavy atom. The van der Waals surface area contributed by atoms with E-state index in [2.05, 4.69) is 35.1 Å². The monoisotopic (exact) mass is 556 g/mol. The van der Waals surface area contributed by atoms with Crippen molar-refractivity contribution >= 4 is 23.1 Å². The van der Waals surface area contributed by atoms with Gasteiger partial charge in [0.15, 0.2) is 0 Å². The smallest absolute Gasteiger partial charge is 0.369 e. The van der Waals surface area contributed by atoms with Crippen LogP contribution in [-0.2, 0) is 12.7 Å². The standard InChI is InChI=1S/C29H23F3N8O/c1-16-3-4-20(37-27(41)24-12-19(5-8-34-24)29(30,31)32)13-21(16)22-11-18-15-36-28(38-23-6-7-33-14-17(23)2)39-25(18)40-10-9-35-26(22)40/h3-8,11-15,35H,9-10H2,1-2H3,(H,37,41). The lowest BCUT2D eigenvalue weighted by Gasteiger charge is -2.19. The number of carbonyl (C=O) groups excluding carboxylic acids is 1. The second-order valence-corrected chi connectivity index (χ2v) is 9.62. The summed E-state index contributed by atoms with van der Waals surface area (Å²) in [5.41, 5.74) is 4.60. The number of nitrogens with one attached hydrogen (secondary N) is 2. The number of halogens is 3. The molecule has 0 aliphatic carbocycles. The van der Waals surface area contributed by atoms with Crippen LogP contribution in [0.15, 0.2) is 72.2 Å². The van der Waals surface area contributed by atoms with Crippen LogP contribution in [0.5, 0.6) is 0 Å². The first kappa shape index (κ1) is 26.1. The topological polar surface area (TPSA) is 110 Å². The average molecular weight is 557 g/mol. The van der Waals surface area contributed by atoms with E-state index in [4.69, 9.17) is 4.98 Å². The van der Waals surface area contributed by atoms with Gasteiger partial charge in [-0.25, -0.2) is 9.98 Å². The summed E-state index contributed by atoms with van der Waals surface area (Å²) in [4.78, 5) is 34.5. The van der Waals surface area contributed by atoms with Gasteiger partial charge < -0.3 is 15.2 Å². The summed E-state index contributed by atoms with van der Waals surface area (Å²) in [5, 5.41) is 6.11. The Morgan fingerprint density at radius 2 is 1.85 bits per heavy atom. The molecule has 1 aromatic carbocycles. The number of pyridine rings is 3. The highest BCUT2D eigenvalue weighted by atomic mass is 19.4. The molecule has 3 aliphatic heterocycles. The molecule has 0 saturated carbocycles. The van der Waals surface area contributed by atoms with Crippen molar-refractivity contribution in [3.05, 3.63) is 95.3 Å². The highest BCUT2D eigenvalue weighted by molar-refractivity contribution is 6.03. The number of carbonyl (C=O) groups is 1. The number of alkyl halides is 3. The summed E-state index contributed by atoms with van der Waals surface area (Å²) in [6.07, 6.45) is 1.53. The number of benzene rings is 1. The van der Waals surface area contributed by atoms with Gasteiger partial charge in [0.05, 0.1) is 11.3 Å². The molecule has 6 rings (SSSR count). The van der Waals surface area contributed by atoms with E-state index in [1.807, 2.05) is 32.0 Å². The first-order valence-electron chi connectivity index (χ1n) is 12.7. The predicted octanol–water partition coefficient (Wildman–Crippen LogP) is 5.39. The zero-order valence-corrected chi connectivity index (χ0v) is 22.0. The Balaban J connectivity index is 1.38. The normalized spacial score (nSPS) is 13.2. The second kappa shape index (κ2) is 10.1. The van der Waals surface area contributed by atoms with Gasteiger partial charge in [-0.2, -0.15) is 18.2 Å². The van der Waals surface area contributed by atoms with Crippen LogP contribution in [0.4, 0.5) is 30.4 Å². The molecule has 0 unspecified atom stereocenters. The molecule has 2 N–H and O–H groups in total. The first-order valence-corrected chi connectivity index (χ1v) is 12.7. The van der Waals surface area contributed by atoms with Crippen LogP contribution in [0.2, 0.25) is 0 Å². The van der Waals surface area contributed by atoms with Crippen molar-refractivity contribution in [3.63, 3.8) is 0 Å². The molecule has 3 aromatic rings. The molecule has 0 bridgehead atoms. The van der Waals surface area contributed by atoms with Crippen LogP contribution in [0.25, 0.3) is 22.5 Å². The van der Waals surface area contributed by atoms with Gasteiger partial charge in [0.25, 0.3) is 11.5 Å². The van der Waals surface area contributed by atoms with Crippen LogP contribution in [0.3, 0.4) is 0 Å². The zero-order valence-electron chi connectivity index (χ0n) is 22.0. The molecular formula is C29H23F3N8O. The van der Waals surface area contributed by atoms with Gasteiger partial charge in [-0.3, -0.25) is 14.8 Å². The number of aryl methyl sites for hydroxylation is 2. The molecule has 0 fully saturated rings. The van der Waals surface area contributed by atoms with Crippen LogP contribution in [0.1, 0.15) is 27.2 Å². The molecule has 206 valence electrons. The minimum Gasteiger partial charge on any atom is -0.369 e. The quantitative estimate of drug-likeness (QED) is 0.307. The third kappa shape index (κ3) is 5.11. The number of fused-ring (bicyclic) bond motifs is 3. The van der Waals surface area contributed by atoms with Crippen LogP contribution in [-0.4, -0.2) is 37.0 Å². The first-order chi connectivity index (χ1) is 19.7. The lowest BCUT2D eigenvalue weighted by Crippen LogP contribution is -2.17. The van der Waals surface area contributed by atoms with Crippen molar-refractivity contribution in [2.75, 3.05) is 17.2 Å². The van der Waals surface area contributed by atoms with E-state index >= 15 is 0 Å². The average Bonchev–Trinajstić information content (AvgIpc) is 3.45. The fourth-order valence-electron chi connectivity index (χ4n) is 4.74. The number of hydrogen-bond acceptors (Lipinski definition) is 7. The lowest BCUT2D eigenvalue weighted by atomic mass is 9.98. The Morgan fingerprint density at radius 1 is 1.00 bits per heavy atom. The number of hydrogen-bond donors (Lipinski definition) is 2. The van der Waals surface area contributed by atoms with Crippen molar-refractivity contribution in [1.29, 1.82) is 0 Å². The number of nitrogens with zero attached hydrogens (tertiary/aromatic N) is 6. The Bertz CT molecular complexity index is 1850. The lowest BCUT2D eigenvalue weighted by molar-refractivity contribution is -0.137. The molecule has 41 heavy (non-hydrogen) atoms.